The van der Waals surface area contributed by atoms with Crippen molar-refractivity contribution in [1.82, 2.24) is 5.32 Å². The molecule has 1 amide bonds. The van der Waals surface area contributed by atoms with Gasteiger partial charge in [-0.2, -0.15) is 0 Å². The van der Waals surface area contributed by atoms with E-state index in [9.17, 15) is 9.90 Å². The maximum Gasteiger partial charge on any atom is 0.412 e. The molecule has 1 fully saturated rings. The van der Waals surface area contributed by atoms with Gasteiger partial charge in [0.25, 0.3) is 0 Å². The van der Waals surface area contributed by atoms with Crippen LogP contribution in [-0.2, 0) is 0 Å². The summed E-state index contributed by atoms with van der Waals surface area (Å²) in [4.78, 5) is 11.5. The number of benzene rings is 1. The normalized spacial score (nSPS) is 16.5. The van der Waals surface area contributed by atoms with Gasteiger partial charge in [-0.3, -0.25) is 0 Å². The van der Waals surface area contributed by atoms with Crippen LogP contribution in [0.4, 0.5) is 10.5 Å². The Hall–Kier alpha value is -1.75. The number of carbonyl (C=O) groups is 1. The van der Waals surface area contributed by atoms with Crippen LogP contribution in [0.1, 0.15) is 39.0 Å². The molecule has 5 nitrogen and oxygen atoms in total. The molecule has 5 heteroatoms. The Morgan fingerprint density at radius 1 is 1.38 bits per heavy atom. The lowest BCUT2D eigenvalue weighted by Gasteiger charge is -2.23. The summed E-state index contributed by atoms with van der Waals surface area (Å²) in [6.45, 7) is 3.11. The lowest BCUT2D eigenvalue weighted by atomic mass is 10.0. The monoisotopic (exact) mass is 292 g/mol. The van der Waals surface area contributed by atoms with E-state index in [1.807, 2.05) is 19.1 Å². The van der Waals surface area contributed by atoms with E-state index in [0.29, 0.717) is 18.8 Å². The summed E-state index contributed by atoms with van der Waals surface area (Å²) < 4.78 is 5.20. The van der Waals surface area contributed by atoms with Gasteiger partial charge in [0.1, 0.15) is 5.75 Å². The fraction of sp³-hybridized carbons (Fsp3) is 0.562. The minimum atomic E-state index is -0.602. The molecule has 0 radical (unpaired) electrons. The predicted octanol–water partition coefficient (Wildman–Crippen LogP) is 2.90. The molecule has 3 N–H and O–H groups in total. The number of nitrogens with one attached hydrogen (secondary N) is 2. The SMILES string of the molecule is CCCNC(=O)Oc1cccc(NCC2(O)CCCC2)c1. The van der Waals surface area contributed by atoms with Crippen molar-refractivity contribution in [2.45, 2.75) is 44.6 Å². The van der Waals surface area contributed by atoms with Gasteiger partial charge in [-0.05, 0) is 31.4 Å². The summed E-state index contributed by atoms with van der Waals surface area (Å²) in [5.74, 6) is 0.493. The molecule has 1 aromatic carbocycles. The molecule has 0 aliphatic heterocycles. The minimum absolute atomic E-state index is 0.441. The van der Waals surface area contributed by atoms with Crippen LogP contribution >= 0.6 is 0 Å². The van der Waals surface area contributed by atoms with E-state index in [0.717, 1.165) is 37.8 Å². The van der Waals surface area contributed by atoms with Gasteiger partial charge in [-0.25, -0.2) is 4.79 Å². The topological polar surface area (TPSA) is 70.6 Å². The van der Waals surface area contributed by atoms with Gasteiger partial charge >= 0.3 is 6.09 Å². The number of rotatable bonds is 6. The Morgan fingerprint density at radius 3 is 2.86 bits per heavy atom. The number of anilines is 1. The average Bonchev–Trinajstić information content (AvgIpc) is 2.91. The zero-order valence-electron chi connectivity index (χ0n) is 12.5. The number of carbonyl (C=O) groups excluding carboxylic acids is 1. The third-order valence-corrected chi connectivity index (χ3v) is 3.72. The van der Waals surface area contributed by atoms with Crippen molar-refractivity contribution < 1.29 is 14.6 Å². The van der Waals surface area contributed by atoms with E-state index in [4.69, 9.17) is 4.74 Å². The van der Waals surface area contributed by atoms with Gasteiger partial charge in [0, 0.05) is 24.8 Å². The zero-order chi connectivity index (χ0) is 15.1. The van der Waals surface area contributed by atoms with Crippen LogP contribution in [0, 0.1) is 0 Å². The standard InChI is InChI=1S/C16H24N2O3/c1-2-10-17-15(19)21-14-7-5-6-13(11-14)18-12-16(20)8-3-4-9-16/h5-7,11,18,20H,2-4,8-10,12H2,1H3,(H,17,19). The van der Waals surface area contributed by atoms with E-state index < -0.39 is 11.7 Å². The van der Waals surface area contributed by atoms with Crippen LogP contribution in [0.3, 0.4) is 0 Å². The van der Waals surface area contributed by atoms with Crippen LogP contribution in [0.25, 0.3) is 0 Å². The summed E-state index contributed by atoms with van der Waals surface area (Å²) >= 11 is 0. The Morgan fingerprint density at radius 2 is 2.14 bits per heavy atom. The maximum absolute atomic E-state index is 11.5. The lowest BCUT2D eigenvalue weighted by Crippen LogP contribution is -2.33. The van der Waals surface area contributed by atoms with Gasteiger partial charge in [-0.15, -0.1) is 0 Å². The van der Waals surface area contributed by atoms with Crippen molar-refractivity contribution in [2.24, 2.45) is 0 Å². The molecule has 1 aliphatic rings. The Balaban J connectivity index is 1.87. The molecule has 0 heterocycles. The lowest BCUT2D eigenvalue weighted by molar-refractivity contribution is 0.0614. The molecule has 0 saturated heterocycles. The van der Waals surface area contributed by atoms with Gasteiger partial charge in [0.15, 0.2) is 0 Å². The Kier molecular flexibility index (Phi) is 5.44. The van der Waals surface area contributed by atoms with Crippen molar-refractivity contribution in [2.75, 3.05) is 18.4 Å². The number of amides is 1. The highest BCUT2D eigenvalue weighted by molar-refractivity contribution is 5.70. The van der Waals surface area contributed by atoms with Crippen molar-refractivity contribution in [3.63, 3.8) is 0 Å². The molecular weight excluding hydrogens is 268 g/mol. The first kappa shape index (κ1) is 15.6. The zero-order valence-corrected chi connectivity index (χ0v) is 12.5. The molecule has 0 atom stereocenters. The van der Waals surface area contributed by atoms with Crippen LogP contribution in [-0.4, -0.2) is 29.9 Å². The van der Waals surface area contributed by atoms with Crippen LogP contribution in [0.2, 0.25) is 0 Å². The number of ether oxygens (including phenoxy) is 1. The van der Waals surface area contributed by atoms with E-state index in [1.54, 1.807) is 12.1 Å². The van der Waals surface area contributed by atoms with Gasteiger partial charge in [0.05, 0.1) is 5.60 Å². The summed E-state index contributed by atoms with van der Waals surface area (Å²) in [6, 6.07) is 7.23. The molecule has 0 bridgehead atoms. The van der Waals surface area contributed by atoms with Crippen LogP contribution in [0.5, 0.6) is 5.75 Å². The largest absolute Gasteiger partial charge is 0.412 e. The van der Waals surface area contributed by atoms with Gasteiger partial charge in [0.2, 0.25) is 0 Å². The highest BCUT2D eigenvalue weighted by Gasteiger charge is 2.30. The van der Waals surface area contributed by atoms with E-state index in [-0.39, 0.29) is 0 Å². The molecule has 1 aromatic rings. The highest BCUT2D eigenvalue weighted by Crippen LogP contribution is 2.30. The molecule has 1 aliphatic carbocycles. The smallest absolute Gasteiger partial charge is 0.410 e. The predicted molar refractivity (Wildman–Crippen MR) is 82.7 cm³/mol. The molecule has 21 heavy (non-hydrogen) atoms. The number of hydrogen-bond donors (Lipinski definition) is 3. The first-order valence-electron chi connectivity index (χ1n) is 7.63. The molecule has 2 rings (SSSR count). The Labute approximate surface area is 125 Å². The fourth-order valence-corrected chi connectivity index (χ4v) is 2.52. The average molecular weight is 292 g/mol. The first-order chi connectivity index (χ1) is 10.1. The Bertz CT molecular complexity index is 470. The van der Waals surface area contributed by atoms with Crippen LogP contribution < -0.4 is 15.4 Å². The molecule has 116 valence electrons. The fourth-order valence-electron chi connectivity index (χ4n) is 2.52. The van der Waals surface area contributed by atoms with Gasteiger partial charge < -0.3 is 20.5 Å². The second-order valence-electron chi connectivity index (χ2n) is 5.63. The summed E-state index contributed by atoms with van der Waals surface area (Å²) in [5.41, 5.74) is 0.242. The summed E-state index contributed by atoms with van der Waals surface area (Å²) in [6.07, 6.45) is 4.28. The quantitative estimate of drug-likeness (QED) is 0.754. The summed E-state index contributed by atoms with van der Waals surface area (Å²) in [5, 5.41) is 16.2. The number of hydrogen-bond acceptors (Lipinski definition) is 4. The van der Waals surface area contributed by atoms with Crippen molar-refractivity contribution in [3.8, 4) is 5.75 Å². The molecule has 0 spiro atoms. The third kappa shape index (κ3) is 4.93. The van der Waals surface area contributed by atoms with Crippen molar-refractivity contribution >= 4 is 11.8 Å². The third-order valence-electron chi connectivity index (χ3n) is 3.72. The second kappa shape index (κ2) is 7.31. The maximum atomic E-state index is 11.5. The first-order valence-corrected chi connectivity index (χ1v) is 7.63. The number of aliphatic hydroxyl groups is 1. The minimum Gasteiger partial charge on any atom is -0.410 e. The van der Waals surface area contributed by atoms with E-state index >= 15 is 0 Å². The molecule has 0 unspecified atom stereocenters. The van der Waals surface area contributed by atoms with Crippen LogP contribution in [0.15, 0.2) is 24.3 Å². The highest BCUT2D eigenvalue weighted by atomic mass is 16.6. The van der Waals surface area contributed by atoms with E-state index in [2.05, 4.69) is 10.6 Å². The van der Waals surface area contributed by atoms with E-state index in [1.165, 1.54) is 0 Å². The summed E-state index contributed by atoms with van der Waals surface area (Å²) in [7, 11) is 0. The molecule has 0 aromatic heterocycles. The van der Waals surface area contributed by atoms with Gasteiger partial charge in [-0.1, -0.05) is 25.8 Å². The second-order valence-corrected chi connectivity index (χ2v) is 5.63. The van der Waals surface area contributed by atoms with Crippen molar-refractivity contribution in [1.29, 1.82) is 0 Å². The molecule has 1 saturated carbocycles. The molecular formula is C16H24N2O3. The van der Waals surface area contributed by atoms with Crippen molar-refractivity contribution in [3.05, 3.63) is 24.3 Å².